The normalized spacial score (nSPS) is 12.0. The zero-order valence-corrected chi connectivity index (χ0v) is 16.0. The maximum Gasteiger partial charge on any atom is 0.262 e. The third kappa shape index (κ3) is 3.82. The van der Waals surface area contributed by atoms with Gasteiger partial charge in [-0.25, -0.2) is 4.98 Å². The highest BCUT2D eigenvalue weighted by Crippen LogP contribution is 2.26. The molecule has 6 heteroatoms. The van der Waals surface area contributed by atoms with Crippen molar-refractivity contribution in [2.24, 2.45) is 0 Å². The fraction of sp³-hybridized carbons (Fsp3) is 0.647. The summed E-state index contributed by atoms with van der Waals surface area (Å²) in [4.78, 5) is 24.4. The highest BCUT2D eigenvalue weighted by atomic mass is 32.1. The van der Waals surface area contributed by atoms with Gasteiger partial charge in [0.25, 0.3) is 5.56 Å². The lowest BCUT2D eigenvalue weighted by molar-refractivity contribution is 0.278. The van der Waals surface area contributed by atoms with Gasteiger partial charge in [-0.05, 0) is 46.6 Å². The Morgan fingerprint density at radius 1 is 1.17 bits per heavy atom. The van der Waals surface area contributed by atoms with E-state index in [1.54, 1.807) is 11.3 Å². The SMILES string of the molecule is CCN(CC)Cc1nc2sc(C)c(C)c2c(=O)n1CCN(C)C. The summed E-state index contributed by atoms with van der Waals surface area (Å²) in [6, 6.07) is 0. The molecule has 0 saturated carbocycles. The summed E-state index contributed by atoms with van der Waals surface area (Å²) in [5, 5.41) is 0.801. The van der Waals surface area contributed by atoms with E-state index in [-0.39, 0.29) is 5.56 Å². The van der Waals surface area contributed by atoms with E-state index in [0.717, 1.165) is 47.8 Å². The fourth-order valence-electron chi connectivity index (χ4n) is 2.67. The van der Waals surface area contributed by atoms with Gasteiger partial charge in [0.1, 0.15) is 10.7 Å². The maximum atomic E-state index is 13.0. The van der Waals surface area contributed by atoms with Crippen LogP contribution in [0.25, 0.3) is 10.2 Å². The minimum Gasteiger partial charge on any atom is -0.308 e. The number of nitrogens with zero attached hydrogens (tertiary/aromatic N) is 4. The first kappa shape index (κ1) is 18.1. The second-order valence-corrected chi connectivity index (χ2v) is 7.42. The molecule has 5 nitrogen and oxygen atoms in total. The van der Waals surface area contributed by atoms with Gasteiger partial charge < -0.3 is 4.90 Å². The van der Waals surface area contributed by atoms with Gasteiger partial charge in [-0.3, -0.25) is 14.3 Å². The Hall–Kier alpha value is -1.24. The van der Waals surface area contributed by atoms with Crippen LogP contribution in [0.1, 0.15) is 30.1 Å². The van der Waals surface area contributed by atoms with E-state index in [1.165, 1.54) is 4.88 Å². The Kier molecular flexibility index (Phi) is 5.95. The molecule has 0 fully saturated rings. The quantitative estimate of drug-likeness (QED) is 0.779. The van der Waals surface area contributed by atoms with Crippen LogP contribution in [0.15, 0.2) is 4.79 Å². The molecule has 0 amide bonds. The van der Waals surface area contributed by atoms with Crippen molar-refractivity contribution in [2.75, 3.05) is 33.7 Å². The number of rotatable bonds is 7. The van der Waals surface area contributed by atoms with Gasteiger partial charge in [0, 0.05) is 18.0 Å². The second-order valence-electron chi connectivity index (χ2n) is 6.21. The molecule has 0 unspecified atom stereocenters. The van der Waals surface area contributed by atoms with E-state index in [0.29, 0.717) is 6.54 Å². The summed E-state index contributed by atoms with van der Waals surface area (Å²) in [5.74, 6) is 0.884. The van der Waals surface area contributed by atoms with Crippen molar-refractivity contribution in [1.82, 2.24) is 19.4 Å². The highest BCUT2D eigenvalue weighted by molar-refractivity contribution is 7.18. The lowest BCUT2D eigenvalue weighted by Crippen LogP contribution is -2.33. The molecule has 2 heterocycles. The summed E-state index contributed by atoms with van der Waals surface area (Å²) < 4.78 is 1.87. The molecule has 128 valence electrons. The zero-order chi connectivity index (χ0) is 17.1. The molecule has 0 aliphatic rings. The fourth-order valence-corrected chi connectivity index (χ4v) is 3.71. The van der Waals surface area contributed by atoms with Crippen molar-refractivity contribution in [1.29, 1.82) is 0 Å². The van der Waals surface area contributed by atoms with Crippen molar-refractivity contribution < 1.29 is 0 Å². The first-order valence-corrected chi connectivity index (χ1v) is 9.07. The van der Waals surface area contributed by atoms with Crippen molar-refractivity contribution >= 4 is 21.6 Å². The van der Waals surface area contributed by atoms with Crippen molar-refractivity contribution in [2.45, 2.75) is 40.8 Å². The van der Waals surface area contributed by atoms with E-state index in [1.807, 2.05) is 25.6 Å². The largest absolute Gasteiger partial charge is 0.308 e. The van der Waals surface area contributed by atoms with Crippen molar-refractivity contribution in [3.63, 3.8) is 0 Å². The van der Waals surface area contributed by atoms with Gasteiger partial charge in [0.05, 0.1) is 11.9 Å². The lowest BCUT2D eigenvalue weighted by atomic mass is 10.2. The van der Waals surface area contributed by atoms with E-state index in [4.69, 9.17) is 4.98 Å². The van der Waals surface area contributed by atoms with Crippen LogP contribution in [-0.2, 0) is 13.1 Å². The smallest absolute Gasteiger partial charge is 0.262 e. The van der Waals surface area contributed by atoms with Crippen LogP contribution in [-0.4, -0.2) is 53.1 Å². The molecule has 2 aromatic rings. The molecule has 2 aromatic heterocycles. The number of aromatic nitrogens is 2. The predicted molar refractivity (Wildman–Crippen MR) is 98.5 cm³/mol. The number of hydrogen-bond donors (Lipinski definition) is 0. The third-order valence-corrected chi connectivity index (χ3v) is 5.50. The molecular weight excluding hydrogens is 308 g/mol. The second kappa shape index (κ2) is 7.55. The summed E-state index contributed by atoms with van der Waals surface area (Å²) in [6.07, 6.45) is 0. The topological polar surface area (TPSA) is 41.4 Å². The van der Waals surface area contributed by atoms with Gasteiger partial charge in [0.2, 0.25) is 0 Å². The average Bonchev–Trinajstić information content (AvgIpc) is 2.78. The Morgan fingerprint density at radius 3 is 2.39 bits per heavy atom. The van der Waals surface area contributed by atoms with E-state index in [9.17, 15) is 4.79 Å². The van der Waals surface area contributed by atoms with Gasteiger partial charge in [-0.2, -0.15) is 0 Å². The first-order valence-electron chi connectivity index (χ1n) is 8.25. The molecule has 0 aliphatic carbocycles. The predicted octanol–water partition coefficient (Wildman–Crippen LogP) is 2.48. The summed E-state index contributed by atoms with van der Waals surface area (Å²) in [7, 11) is 4.06. The summed E-state index contributed by atoms with van der Waals surface area (Å²) in [6.45, 7) is 12.5. The molecule has 0 bridgehead atoms. The summed E-state index contributed by atoms with van der Waals surface area (Å²) >= 11 is 1.63. The Labute approximate surface area is 142 Å². The number of likely N-dealkylation sites (N-methyl/N-ethyl adjacent to an activating group) is 1. The molecule has 2 rings (SSSR count). The van der Waals surface area contributed by atoms with Crippen molar-refractivity contribution in [3.8, 4) is 0 Å². The van der Waals surface area contributed by atoms with Crippen molar-refractivity contribution in [3.05, 3.63) is 26.6 Å². The maximum absolute atomic E-state index is 13.0. The summed E-state index contributed by atoms with van der Waals surface area (Å²) in [5.41, 5.74) is 1.19. The van der Waals surface area contributed by atoms with Crippen LogP contribution in [0.4, 0.5) is 0 Å². The Balaban J connectivity index is 2.57. The molecule has 0 aliphatic heterocycles. The first-order chi connectivity index (χ1) is 10.9. The van der Waals surface area contributed by atoms with Crippen LogP contribution in [0.2, 0.25) is 0 Å². The number of hydrogen-bond acceptors (Lipinski definition) is 5. The number of thiophene rings is 1. The monoisotopic (exact) mass is 336 g/mol. The Morgan fingerprint density at radius 2 is 1.83 bits per heavy atom. The molecule has 0 saturated heterocycles. The third-order valence-electron chi connectivity index (χ3n) is 4.40. The van der Waals surface area contributed by atoms with Crippen LogP contribution < -0.4 is 5.56 Å². The zero-order valence-electron chi connectivity index (χ0n) is 15.1. The minimum atomic E-state index is 0.112. The molecule has 0 spiro atoms. The highest BCUT2D eigenvalue weighted by Gasteiger charge is 2.17. The van der Waals surface area contributed by atoms with Gasteiger partial charge in [-0.15, -0.1) is 11.3 Å². The minimum absolute atomic E-state index is 0.112. The van der Waals surface area contributed by atoms with Gasteiger partial charge >= 0.3 is 0 Å². The Bertz CT molecular complexity index is 728. The van der Waals surface area contributed by atoms with E-state index >= 15 is 0 Å². The molecule has 0 aromatic carbocycles. The molecule has 0 N–H and O–H groups in total. The van der Waals surface area contributed by atoms with Crippen LogP contribution in [0.3, 0.4) is 0 Å². The number of aryl methyl sites for hydroxylation is 2. The number of fused-ring (bicyclic) bond motifs is 1. The average molecular weight is 337 g/mol. The standard InChI is InChI=1S/C17H28N4OS/c1-7-20(8-2)11-14-18-16-15(12(3)13(4)23-16)17(22)21(14)10-9-19(5)6/h7-11H2,1-6H3. The molecule has 0 atom stereocenters. The van der Waals surface area contributed by atoms with Gasteiger partial charge in [0.15, 0.2) is 0 Å². The van der Waals surface area contributed by atoms with E-state index < -0.39 is 0 Å². The molecular formula is C17H28N4OS. The van der Waals surface area contributed by atoms with Crippen LogP contribution in [0, 0.1) is 13.8 Å². The van der Waals surface area contributed by atoms with E-state index in [2.05, 4.69) is 30.6 Å². The van der Waals surface area contributed by atoms with Crippen LogP contribution >= 0.6 is 11.3 Å². The van der Waals surface area contributed by atoms with Gasteiger partial charge in [-0.1, -0.05) is 13.8 Å². The molecule has 23 heavy (non-hydrogen) atoms. The lowest BCUT2D eigenvalue weighted by Gasteiger charge is -2.21. The van der Waals surface area contributed by atoms with Crippen LogP contribution in [0.5, 0.6) is 0 Å². The molecule has 0 radical (unpaired) electrons.